The predicted molar refractivity (Wildman–Crippen MR) is 228 cm³/mol. The van der Waals surface area contributed by atoms with Crippen LogP contribution in [-0.4, -0.2) is 107 Å². The number of aliphatic hydroxyl groups excluding tert-OH is 5. The van der Waals surface area contributed by atoms with E-state index in [4.69, 9.17) is 14.0 Å². The van der Waals surface area contributed by atoms with E-state index in [0.29, 0.717) is 12.8 Å². The lowest BCUT2D eigenvalue weighted by atomic mass is 9.99. The molecule has 342 valence electrons. The van der Waals surface area contributed by atoms with Gasteiger partial charge < -0.3 is 40.3 Å². The maximum absolute atomic E-state index is 13.1. The van der Waals surface area contributed by atoms with Crippen molar-refractivity contribution in [3.63, 3.8) is 0 Å². The SMILES string of the molecule is CCCCCCCCCCCCCC/C=C/CC/C=C/C(O)C(COC1OC(CO)C(O)C(OS(=O)(=O)O)C1O)NC(=O)C(O)CCCCCCCCCCCCC. The molecule has 0 saturated carbocycles. The number of hydrogen-bond acceptors (Lipinski definition) is 11. The van der Waals surface area contributed by atoms with Gasteiger partial charge in [0, 0.05) is 0 Å². The number of carbonyl (C=O) groups excluding carboxylic acids is 1. The molecule has 0 aromatic rings. The van der Waals surface area contributed by atoms with Gasteiger partial charge in [-0.05, 0) is 32.1 Å². The van der Waals surface area contributed by atoms with E-state index in [1.165, 1.54) is 122 Å². The summed E-state index contributed by atoms with van der Waals surface area (Å²) in [6, 6.07) is -1.13. The molecule has 0 bridgehead atoms. The van der Waals surface area contributed by atoms with Crippen molar-refractivity contribution in [1.82, 2.24) is 5.32 Å². The van der Waals surface area contributed by atoms with Gasteiger partial charge >= 0.3 is 10.4 Å². The number of allylic oxidation sites excluding steroid dienone is 3. The van der Waals surface area contributed by atoms with Crippen molar-refractivity contribution in [2.45, 2.75) is 236 Å². The van der Waals surface area contributed by atoms with E-state index < -0.39 is 78.5 Å². The minimum absolute atomic E-state index is 0.239. The smallest absolute Gasteiger partial charge is 0.394 e. The molecule has 1 aliphatic heterocycles. The van der Waals surface area contributed by atoms with Gasteiger partial charge in [-0.25, -0.2) is 4.18 Å². The van der Waals surface area contributed by atoms with E-state index in [0.717, 1.165) is 38.5 Å². The molecule has 8 atom stereocenters. The van der Waals surface area contributed by atoms with Gasteiger partial charge in [-0.3, -0.25) is 9.35 Å². The molecule has 58 heavy (non-hydrogen) atoms. The first-order valence-electron chi connectivity index (χ1n) is 22.8. The van der Waals surface area contributed by atoms with Crippen molar-refractivity contribution in [1.29, 1.82) is 0 Å². The fourth-order valence-electron chi connectivity index (χ4n) is 7.18. The number of unbranched alkanes of at least 4 members (excludes halogenated alkanes) is 23. The molecule has 13 nitrogen and oxygen atoms in total. The number of carbonyl (C=O) groups is 1. The van der Waals surface area contributed by atoms with Gasteiger partial charge in [0.15, 0.2) is 6.29 Å². The summed E-state index contributed by atoms with van der Waals surface area (Å²) in [5.41, 5.74) is 0. The zero-order chi connectivity index (χ0) is 42.9. The fourth-order valence-corrected chi connectivity index (χ4v) is 7.69. The van der Waals surface area contributed by atoms with Gasteiger partial charge in [0.05, 0.1) is 25.4 Å². The summed E-state index contributed by atoms with van der Waals surface area (Å²) in [6.07, 6.45) is 27.0. The Bertz CT molecular complexity index is 1160. The number of hydrogen-bond donors (Lipinski definition) is 7. The van der Waals surface area contributed by atoms with Crippen LogP contribution in [0.4, 0.5) is 0 Å². The summed E-state index contributed by atoms with van der Waals surface area (Å²) in [5.74, 6) is -0.713. The van der Waals surface area contributed by atoms with Crippen LogP contribution in [0, 0.1) is 0 Å². The Labute approximate surface area is 351 Å². The van der Waals surface area contributed by atoms with Crippen LogP contribution in [0.2, 0.25) is 0 Å². The van der Waals surface area contributed by atoms with Crippen LogP contribution in [-0.2, 0) is 28.9 Å². The molecular formula is C44H83NO12S. The average Bonchev–Trinajstić information content (AvgIpc) is 3.19. The normalized spacial score (nSPS) is 21.8. The first-order valence-corrected chi connectivity index (χ1v) is 24.2. The molecule has 1 fully saturated rings. The van der Waals surface area contributed by atoms with Crippen LogP contribution in [0.25, 0.3) is 0 Å². The summed E-state index contributed by atoms with van der Waals surface area (Å²) in [6.45, 7) is 3.18. The Morgan fingerprint density at radius 3 is 1.66 bits per heavy atom. The molecule has 1 heterocycles. The average molecular weight is 850 g/mol. The molecule has 1 amide bonds. The summed E-state index contributed by atoms with van der Waals surface area (Å²) in [4.78, 5) is 13.1. The second kappa shape index (κ2) is 35.2. The van der Waals surface area contributed by atoms with Crippen molar-refractivity contribution < 1.29 is 57.0 Å². The number of rotatable bonds is 38. The van der Waals surface area contributed by atoms with Gasteiger partial charge in [0.2, 0.25) is 5.91 Å². The Hall–Kier alpha value is -1.46. The third-order valence-electron chi connectivity index (χ3n) is 10.8. The van der Waals surface area contributed by atoms with Crippen LogP contribution in [0.3, 0.4) is 0 Å². The van der Waals surface area contributed by atoms with E-state index >= 15 is 0 Å². The monoisotopic (exact) mass is 850 g/mol. The van der Waals surface area contributed by atoms with Crippen LogP contribution >= 0.6 is 0 Å². The fraction of sp³-hybridized carbons (Fsp3) is 0.886. The lowest BCUT2D eigenvalue weighted by Gasteiger charge is -2.41. The standard InChI is InChI=1S/C44H83NO12S/c1-3-5-7-9-11-13-15-16-17-18-19-20-21-23-24-26-28-30-32-37(47)36(35-55-44-41(50)42(57-58(52,53)54)40(49)39(34-46)56-44)45-43(51)38(48)33-31-29-27-25-22-14-12-10-8-6-4-2/h23-24,30,32,36-42,44,46-50H,3-22,25-29,31,33-35H2,1-2H3,(H,45,51)(H,52,53,54)/b24-23+,32-30+. The molecule has 8 unspecified atom stereocenters. The Kier molecular flexibility index (Phi) is 33.1. The van der Waals surface area contributed by atoms with Crippen molar-refractivity contribution in [2.75, 3.05) is 13.2 Å². The Balaban J connectivity index is 2.62. The molecule has 1 saturated heterocycles. The second-order valence-corrected chi connectivity index (χ2v) is 17.2. The van der Waals surface area contributed by atoms with E-state index in [-0.39, 0.29) is 6.42 Å². The molecular weight excluding hydrogens is 767 g/mol. The van der Waals surface area contributed by atoms with Gasteiger partial charge in [-0.1, -0.05) is 179 Å². The third kappa shape index (κ3) is 27.4. The van der Waals surface area contributed by atoms with Crippen molar-refractivity contribution in [3.8, 4) is 0 Å². The highest BCUT2D eigenvalue weighted by Gasteiger charge is 2.48. The molecule has 0 aliphatic carbocycles. The molecule has 1 rings (SSSR count). The summed E-state index contributed by atoms with van der Waals surface area (Å²) in [7, 11) is -5.12. The lowest BCUT2D eigenvalue weighted by molar-refractivity contribution is -0.298. The Morgan fingerprint density at radius 2 is 1.16 bits per heavy atom. The van der Waals surface area contributed by atoms with E-state index in [1.807, 2.05) is 0 Å². The van der Waals surface area contributed by atoms with Crippen LogP contribution in [0.5, 0.6) is 0 Å². The first-order chi connectivity index (χ1) is 27.9. The number of amides is 1. The zero-order valence-corrected chi connectivity index (χ0v) is 36.8. The van der Waals surface area contributed by atoms with Gasteiger partial charge in [0.1, 0.15) is 30.5 Å². The van der Waals surface area contributed by atoms with Crippen LogP contribution in [0.1, 0.15) is 187 Å². The minimum atomic E-state index is -5.12. The summed E-state index contributed by atoms with van der Waals surface area (Å²) in [5, 5.41) is 55.1. The quantitative estimate of drug-likeness (QED) is 0.0183. The zero-order valence-electron chi connectivity index (χ0n) is 36.0. The van der Waals surface area contributed by atoms with E-state index in [1.54, 1.807) is 6.08 Å². The largest absolute Gasteiger partial charge is 0.397 e. The summed E-state index contributed by atoms with van der Waals surface area (Å²) >= 11 is 0. The van der Waals surface area contributed by atoms with Crippen LogP contribution in [0.15, 0.2) is 24.3 Å². The number of nitrogens with one attached hydrogen (secondary N) is 1. The molecule has 0 aromatic carbocycles. The molecule has 0 aromatic heterocycles. The predicted octanol–water partition coefficient (Wildman–Crippen LogP) is 7.52. The van der Waals surface area contributed by atoms with Gasteiger partial charge in [-0.2, -0.15) is 8.42 Å². The van der Waals surface area contributed by atoms with Gasteiger partial charge in [-0.15, -0.1) is 0 Å². The maximum atomic E-state index is 13.1. The molecule has 0 spiro atoms. The van der Waals surface area contributed by atoms with Crippen molar-refractivity contribution >= 4 is 16.3 Å². The molecule has 7 N–H and O–H groups in total. The molecule has 0 radical (unpaired) electrons. The first kappa shape index (κ1) is 54.6. The Morgan fingerprint density at radius 1 is 0.690 bits per heavy atom. The summed E-state index contributed by atoms with van der Waals surface area (Å²) < 4.78 is 47.4. The highest BCUT2D eigenvalue weighted by atomic mass is 32.3. The highest BCUT2D eigenvalue weighted by Crippen LogP contribution is 2.26. The highest BCUT2D eigenvalue weighted by molar-refractivity contribution is 7.80. The van der Waals surface area contributed by atoms with Gasteiger partial charge in [0.25, 0.3) is 0 Å². The van der Waals surface area contributed by atoms with Crippen molar-refractivity contribution in [3.05, 3.63) is 24.3 Å². The topological polar surface area (TPSA) is 212 Å². The third-order valence-corrected chi connectivity index (χ3v) is 11.3. The molecule has 1 aliphatic rings. The number of ether oxygens (including phenoxy) is 2. The van der Waals surface area contributed by atoms with Crippen LogP contribution < -0.4 is 5.32 Å². The number of aliphatic hydroxyl groups is 5. The lowest BCUT2D eigenvalue weighted by Crippen LogP contribution is -2.61. The minimum Gasteiger partial charge on any atom is -0.394 e. The van der Waals surface area contributed by atoms with E-state index in [2.05, 4.69) is 35.5 Å². The second-order valence-electron chi connectivity index (χ2n) is 16.1. The van der Waals surface area contributed by atoms with Crippen molar-refractivity contribution in [2.24, 2.45) is 0 Å². The maximum Gasteiger partial charge on any atom is 0.397 e. The van der Waals surface area contributed by atoms with E-state index in [9.17, 15) is 38.7 Å². The molecule has 14 heteroatoms.